The van der Waals surface area contributed by atoms with Crippen LogP contribution in [0.4, 0.5) is 0 Å². The number of rotatable bonds is 3. The van der Waals surface area contributed by atoms with Gasteiger partial charge in [0, 0.05) is 5.56 Å². The van der Waals surface area contributed by atoms with Crippen LogP contribution >= 0.6 is 0 Å². The molecule has 1 aromatic carbocycles. The van der Waals surface area contributed by atoms with Crippen molar-refractivity contribution >= 4 is 11.7 Å². The molecule has 0 saturated heterocycles. The highest BCUT2D eigenvalue weighted by atomic mass is 16.6. The van der Waals surface area contributed by atoms with E-state index in [-0.39, 0.29) is 5.71 Å². The van der Waals surface area contributed by atoms with Gasteiger partial charge in [-0.1, -0.05) is 30.3 Å². The van der Waals surface area contributed by atoms with Gasteiger partial charge in [-0.25, -0.2) is 4.79 Å². The first-order chi connectivity index (χ1) is 8.67. The summed E-state index contributed by atoms with van der Waals surface area (Å²) in [6, 6.07) is 5.94. The van der Waals surface area contributed by atoms with Crippen molar-refractivity contribution in [2.24, 2.45) is 11.1 Å². The van der Waals surface area contributed by atoms with Crippen LogP contribution in [0.2, 0.25) is 0 Å². The average molecular weight is 247 g/mol. The first kappa shape index (κ1) is 12.6. The third kappa shape index (κ3) is 2.23. The van der Waals surface area contributed by atoms with Crippen molar-refractivity contribution in [1.29, 1.82) is 0 Å². The van der Waals surface area contributed by atoms with Crippen LogP contribution in [0, 0.1) is 5.92 Å². The van der Waals surface area contributed by atoms with Crippen LogP contribution in [0.25, 0.3) is 0 Å². The first-order valence-corrected chi connectivity index (χ1v) is 5.98. The summed E-state index contributed by atoms with van der Waals surface area (Å²) in [5, 5.41) is 3.81. The van der Waals surface area contributed by atoms with E-state index in [1.54, 1.807) is 0 Å². The predicted molar refractivity (Wildman–Crippen MR) is 68.6 cm³/mol. The van der Waals surface area contributed by atoms with Crippen LogP contribution in [-0.4, -0.2) is 25.9 Å². The number of benzene rings is 1. The highest BCUT2D eigenvalue weighted by Crippen LogP contribution is 2.29. The molecule has 1 aliphatic rings. The van der Waals surface area contributed by atoms with E-state index in [0.29, 0.717) is 5.92 Å². The molecular formula is C14H17NO3. The van der Waals surface area contributed by atoms with E-state index in [2.05, 4.69) is 18.1 Å². The minimum absolute atomic E-state index is 0.242. The summed E-state index contributed by atoms with van der Waals surface area (Å²) in [4.78, 5) is 16.5. The summed E-state index contributed by atoms with van der Waals surface area (Å²) in [7, 11) is 2.77. The van der Waals surface area contributed by atoms with Gasteiger partial charge in [0.1, 0.15) is 7.11 Å². The highest BCUT2D eigenvalue weighted by molar-refractivity contribution is 6.43. The van der Waals surface area contributed by atoms with Crippen molar-refractivity contribution in [1.82, 2.24) is 0 Å². The Kier molecular flexibility index (Phi) is 3.65. The minimum atomic E-state index is -0.468. The van der Waals surface area contributed by atoms with Crippen molar-refractivity contribution in [3.05, 3.63) is 34.9 Å². The lowest BCUT2D eigenvalue weighted by Gasteiger charge is -2.09. The molecule has 4 nitrogen and oxygen atoms in total. The minimum Gasteiger partial charge on any atom is -0.464 e. The first-order valence-electron chi connectivity index (χ1n) is 5.98. The number of oxime groups is 1. The Morgan fingerprint density at radius 3 is 2.78 bits per heavy atom. The predicted octanol–water partition coefficient (Wildman–Crippen LogP) is 1.94. The van der Waals surface area contributed by atoms with Crippen molar-refractivity contribution in [2.45, 2.75) is 19.8 Å². The van der Waals surface area contributed by atoms with E-state index >= 15 is 0 Å². The molecule has 2 rings (SSSR count). The molecule has 0 bridgehead atoms. The van der Waals surface area contributed by atoms with Crippen LogP contribution in [0.15, 0.2) is 23.4 Å². The lowest BCUT2D eigenvalue weighted by molar-refractivity contribution is -0.132. The molecule has 0 amide bonds. The molecule has 18 heavy (non-hydrogen) atoms. The standard InChI is InChI=1S/C14H17NO3/c1-9-7-10-5-4-6-11(12(10)8-9)13(15-18-3)14(16)17-2/h4-6,9H,7-8H2,1-3H3. The number of hydrogen-bond donors (Lipinski definition) is 0. The number of nitrogens with zero attached hydrogens (tertiary/aromatic N) is 1. The maximum absolute atomic E-state index is 11.8. The summed E-state index contributed by atoms with van der Waals surface area (Å²) in [5.41, 5.74) is 3.54. The van der Waals surface area contributed by atoms with Gasteiger partial charge in [-0.15, -0.1) is 0 Å². The molecule has 0 saturated carbocycles. The van der Waals surface area contributed by atoms with Gasteiger partial charge in [0.2, 0.25) is 0 Å². The van der Waals surface area contributed by atoms with Crippen molar-refractivity contribution in [3.63, 3.8) is 0 Å². The third-order valence-corrected chi connectivity index (χ3v) is 3.21. The number of methoxy groups -OCH3 is 1. The van der Waals surface area contributed by atoms with Crippen molar-refractivity contribution in [2.75, 3.05) is 14.2 Å². The summed E-state index contributed by atoms with van der Waals surface area (Å²) < 4.78 is 4.76. The Morgan fingerprint density at radius 2 is 2.11 bits per heavy atom. The Bertz CT molecular complexity index is 494. The molecule has 1 atom stereocenters. The SMILES string of the molecule is CON=C(C(=O)OC)c1cccc2c1CC(C)C2. The number of hydrogen-bond acceptors (Lipinski definition) is 4. The van der Waals surface area contributed by atoms with E-state index in [9.17, 15) is 4.79 Å². The van der Waals surface area contributed by atoms with Crippen molar-refractivity contribution < 1.29 is 14.4 Å². The van der Waals surface area contributed by atoms with Crippen LogP contribution in [0.1, 0.15) is 23.6 Å². The molecule has 1 aromatic rings. The highest BCUT2D eigenvalue weighted by Gasteiger charge is 2.25. The Labute approximate surface area is 107 Å². The lowest BCUT2D eigenvalue weighted by atomic mass is 9.99. The van der Waals surface area contributed by atoms with Crippen LogP contribution in [-0.2, 0) is 27.2 Å². The average Bonchev–Trinajstić information content (AvgIpc) is 2.75. The summed E-state index contributed by atoms with van der Waals surface area (Å²) in [5.74, 6) is 0.132. The number of fused-ring (bicyclic) bond motifs is 1. The molecule has 0 aliphatic heterocycles. The second-order valence-corrected chi connectivity index (χ2v) is 4.57. The van der Waals surface area contributed by atoms with E-state index in [0.717, 1.165) is 18.4 Å². The molecule has 0 N–H and O–H groups in total. The molecule has 96 valence electrons. The van der Waals surface area contributed by atoms with Gasteiger partial charge in [-0.2, -0.15) is 0 Å². The quantitative estimate of drug-likeness (QED) is 0.466. The molecule has 4 heteroatoms. The van der Waals surface area contributed by atoms with E-state index in [1.165, 1.54) is 25.3 Å². The fourth-order valence-corrected chi connectivity index (χ4v) is 2.47. The largest absolute Gasteiger partial charge is 0.464 e. The molecule has 1 aliphatic carbocycles. The lowest BCUT2D eigenvalue weighted by Crippen LogP contribution is -2.19. The number of carbonyl (C=O) groups excluding carboxylic acids is 1. The second-order valence-electron chi connectivity index (χ2n) is 4.57. The molecule has 0 aromatic heterocycles. The smallest absolute Gasteiger partial charge is 0.360 e. The van der Waals surface area contributed by atoms with Gasteiger partial charge >= 0.3 is 5.97 Å². The summed E-state index contributed by atoms with van der Waals surface area (Å²) in [6.45, 7) is 2.20. The molecule has 0 heterocycles. The zero-order valence-corrected chi connectivity index (χ0v) is 10.9. The summed E-state index contributed by atoms with van der Waals surface area (Å²) >= 11 is 0. The summed E-state index contributed by atoms with van der Waals surface area (Å²) in [6.07, 6.45) is 2.01. The fraction of sp³-hybridized carbons (Fsp3) is 0.429. The number of esters is 1. The molecule has 0 spiro atoms. The zero-order valence-electron chi connectivity index (χ0n) is 10.9. The number of ether oxygens (including phenoxy) is 1. The van der Waals surface area contributed by atoms with Crippen LogP contribution < -0.4 is 0 Å². The monoisotopic (exact) mass is 247 g/mol. The van der Waals surface area contributed by atoms with Gasteiger partial charge in [0.15, 0.2) is 5.71 Å². The zero-order chi connectivity index (χ0) is 13.1. The molecule has 1 unspecified atom stereocenters. The van der Waals surface area contributed by atoms with Gasteiger partial charge in [-0.3, -0.25) is 0 Å². The van der Waals surface area contributed by atoms with E-state index in [1.807, 2.05) is 12.1 Å². The van der Waals surface area contributed by atoms with Gasteiger partial charge in [-0.05, 0) is 29.9 Å². The Morgan fingerprint density at radius 1 is 1.33 bits per heavy atom. The van der Waals surface area contributed by atoms with E-state index in [4.69, 9.17) is 9.57 Å². The third-order valence-electron chi connectivity index (χ3n) is 3.21. The van der Waals surface area contributed by atoms with Gasteiger partial charge in [0.05, 0.1) is 7.11 Å². The van der Waals surface area contributed by atoms with Gasteiger partial charge in [0.25, 0.3) is 0 Å². The molecular weight excluding hydrogens is 230 g/mol. The maximum Gasteiger partial charge on any atom is 0.360 e. The normalized spacial score (nSPS) is 18.4. The Hall–Kier alpha value is -1.84. The van der Waals surface area contributed by atoms with Crippen LogP contribution in [0.5, 0.6) is 0 Å². The van der Waals surface area contributed by atoms with Crippen molar-refractivity contribution in [3.8, 4) is 0 Å². The second kappa shape index (κ2) is 5.21. The molecule has 0 fully saturated rings. The Balaban J connectivity index is 2.48. The van der Waals surface area contributed by atoms with E-state index < -0.39 is 5.97 Å². The fourth-order valence-electron chi connectivity index (χ4n) is 2.47. The van der Waals surface area contributed by atoms with Crippen LogP contribution in [0.3, 0.4) is 0 Å². The molecule has 0 radical (unpaired) electrons. The van der Waals surface area contributed by atoms with Gasteiger partial charge < -0.3 is 9.57 Å². The topological polar surface area (TPSA) is 47.9 Å². The maximum atomic E-state index is 11.8. The number of carbonyl (C=O) groups is 1.